The van der Waals surface area contributed by atoms with Gasteiger partial charge in [-0.2, -0.15) is 0 Å². The number of carboxylic acids is 1. The van der Waals surface area contributed by atoms with Gasteiger partial charge in [0.25, 0.3) is 0 Å². The van der Waals surface area contributed by atoms with Crippen LogP contribution in [-0.2, 0) is 11.2 Å². The zero-order valence-corrected chi connectivity index (χ0v) is 8.93. The Balaban J connectivity index is 2.79. The van der Waals surface area contributed by atoms with E-state index in [0.717, 1.165) is 11.3 Å². The topological polar surface area (TPSA) is 59.4 Å². The van der Waals surface area contributed by atoms with Crippen LogP contribution in [0.3, 0.4) is 0 Å². The van der Waals surface area contributed by atoms with Gasteiger partial charge in [0.2, 0.25) is 0 Å². The van der Waals surface area contributed by atoms with Gasteiger partial charge in [0, 0.05) is 18.0 Å². The minimum Gasteiger partial charge on any atom is -0.493 e. The van der Waals surface area contributed by atoms with Crippen molar-refractivity contribution in [2.45, 2.75) is 20.3 Å². The van der Waals surface area contributed by atoms with Crippen LogP contribution >= 0.6 is 0 Å². The number of aliphatic carboxylic acids is 1. The number of hydrogen-bond donors (Lipinski definition) is 1. The molecule has 15 heavy (non-hydrogen) atoms. The van der Waals surface area contributed by atoms with Crippen molar-refractivity contribution in [1.82, 2.24) is 4.98 Å². The summed E-state index contributed by atoms with van der Waals surface area (Å²) in [6.07, 6.45) is 3.74. The third-order valence-electron chi connectivity index (χ3n) is 2.11. The molecular weight excluding hydrogens is 194 g/mol. The van der Waals surface area contributed by atoms with Crippen LogP contribution in [0.15, 0.2) is 18.5 Å². The lowest BCUT2D eigenvalue weighted by molar-refractivity contribution is -0.141. The molecule has 1 N–H and O–H groups in total. The van der Waals surface area contributed by atoms with Gasteiger partial charge in [-0.3, -0.25) is 9.78 Å². The second-order valence-corrected chi connectivity index (χ2v) is 3.36. The normalized spacial score (nSPS) is 12.1. The summed E-state index contributed by atoms with van der Waals surface area (Å²) in [5.41, 5.74) is 0.842. The highest BCUT2D eigenvalue weighted by Crippen LogP contribution is 2.20. The first-order chi connectivity index (χ1) is 7.15. The van der Waals surface area contributed by atoms with Gasteiger partial charge < -0.3 is 9.84 Å². The molecule has 0 fully saturated rings. The molecule has 4 heteroatoms. The smallest absolute Gasteiger partial charge is 0.306 e. The van der Waals surface area contributed by atoms with E-state index in [9.17, 15) is 4.79 Å². The lowest BCUT2D eigenvalue weighted by Crippen LogP contribution is -2.13. The molecule has 0 aromatic carbocycles. The zero-order valence-electron chi connectivity index (χ0n) is 8.93. The molecule has 0 bridgehead atoms. The molecule has 0 saturated heterocycles. The Bertz CT molecular complexity index is 338. The molecule has 0 saturated carbocycles. The SMILES string of the molecule is CCOc1ccncc1CC(C)C(=O)O. The van der Waals surface area contributed by atoms with Gasteiger partial charge in [0.05, 0.1) is 12.5 Å². The number of aromatic nitrogens is 1. The van der Waals surface area contributed by atoms with Gasteiger partial charge in [0.1, 0.15) is 5.75 Å². The Hall–Kier alpha value is -1.58. The van der Waals surface area contributed by atoms with Crippen molar-refractivity contribution in [2.75, 3.05) is 6.61 Å². The number of hydrogen-bond acceptors (Lipinski definition) is 3. The molecule has 0 amide bonds. The Morgan fingerprint density at radius 3 is 3.00 bits per heavy atom. The average Bonchev–Trinajstić information content (AvgIpc) is 2.21. The Morgan fingerprint density at radius 1 is 1.67 bits per heavy atom. The van der Waals surface area contributed by atoms with E-state index < -0.39 is 11.9 Å². The van der Waals surface area contributed by atoms with Gasteiger partial charge in [-0.15, -0.1) is 0 Å². The lowest BCUT2D eigenvalue weighted by Gasteiger charge is -2.11. The fourth-order valence-electron chi connectivity index (χ4n) is 1.28. The standard InChI is InChI=1S/C11H15NO3/c1-3-15-10-4-5-12-7-9(10)6-8(2)11(13)14/h4-5,7-8H,3,6H2,1-2H3,(H,13,14). The summed E-state index contributed by atoms with van der Waals surface area (Å²) >= 11 is 0. The molecule has 1 unspecified atom stereocenters. The van der Waals surface area contributed by atoms with Crippen LogP contribution < -0.4 is 4.74 Å². The van der Waals surface area contributed by atoms with Gasteiger partial charge in [-0.1, -0.05) is 6.92 Å². The van der Waals surface area contributed by atoms with E-state index in [1.807, 2.05) is 6.92 Å². The minimum absolute atomic E-state index is 0.423. The first-order valence-electron chi connectivity index (χ1n) is 4.93. The average molecular weight is 209 g/mol. The van der Waals surface area contributed by atoms with Gasteiger partial charge in [-0.25, -0.2) is 0 Å². The van der Waals surface area contributed by atoms with E-state index >= 15 is 0 Å². The maximum Gasteiger partial charge on any atom is 0.306 e. The zero-order chi connectivity index (χ0) is 11.3. The fourth-order valence-corrected chi connectivity index (χ4v) is 1.28. The van der Waals surface area contributed by atoms with Crippen molar-refractivity contribution in [3.63, 3.8) is 0 Å². The van der Waals surface area contributed by atoms with Gasteiger partial charge in [-0.05, 0) is 19.4 Å². The molecule has 0 spiro atoms. The molecule has 0 aliphatic carbocycles. The lowest BCUT2D eigenvalue weighted by atomic mass is 10.0. The van der Waals surface area contributed by atoms with Crippen molar-refractivity contribution in [3.05, 3.63) is 24.0 Å². The monoisotopic (exact) mass is 209 g/mol. The van der Waals surface area contributed by atoms with Crippen molar-refractivity contribution < 1.29 is 14.6 Å². The van der Waals surface area contributed by atoms with Crippen molar-refractivity contribution >= 4 is 5.97 Å². The largest absolute Gasteiger partial charge is 0.493 e. The Morgan fingerprint density at radius 2 is 2.40 bits per heavy atom. The number of rotatable bonds is 5. The molecule has 4 nitrogen and oxygen atoms in total. The van der Waals surface area contributed by atoms with Crippen molar-refractivity contribution in [1.29, 1.82) is 0 Å². The van der Waals surface area contributed by atoms with Crippen LogP contribution in [0.25, 0.3) is 0 Å². The van der Waals surface area contributed by atoms with Crippen LogP contribution in [0.4, 0.5) is 0 Å². The van der Waals surface area contributed by atoms with Crippen LogP contribution in [0, 0.1) is 5.92 Å². The second-order valence-electron chi connectivity index (χ2n) is 3.36. The number of carbonyl (C=O) groups is 1. The minimum atomic E-state index is -0.804. The first-order valence-corrected chi connectivity index (χ1v) is 4.93. The summed E-state index contributed by atoms with van der Waals surface area (Å²) in [6, 6.07) is 1.76. The van der Waals surface area contributed by atoms with Crippen molar-refractivity contribution in [3.8, 4) is 5.75 Å². The third kappa shape index (κ3) is 3.23. The quantitative estimate of drug-likeness (QED) is 0.802. The van der Waals surface area contributed by atoms with E-state index in [2.05, 4.69) is 4.98 Å². The Kier molecular flexibility index (Phi) is 4.09. The number of nitrogens with zero attached hydrogens (tertiary/aromatic N) is 1. The molecule has 1 rings (SSSR count). The van der Waals surface area contributed by atoms with E-state index in [1.165, 1.54) is 0 Å². The van der Waals surface area contributed by atoms with E-state index in [-0.39, 0.29) is 0 Å². The van der Waals surface area contributed by atoms with E-state index in [0.29, 0.717) is 13.0 Å². The predicted octanol–water partition coefficient (Wildman–Crippen LogP) is 1.74. The maximum absolute atomic E-state index is 10.7. The second kappa shape index (κ2) is 5.34. The highest BCUT2D eigenvalue weighted by atomic mass is 16.5. The highest BCUT2D eigenvalue weighted by molar-refractivity contribution is 5.70. The van der Waals surface area contributed by atoms with Crippen molar-refractivity contribution in [2.24, 2.45) is 5.92 Å². The molecule has 1 aromatic heterocycles. The number of carboxylic acid groups (broad SMARTS) is 1. The molecule has 0 aliphatic heterocycles. The summed E-state index contributed by atoms with van der Waals surface area (Å²) in [7, 11) is 0. The summed E-state index contributed by atoms with van der Waals surface area (Å²) in [4.78, 5) is 14.7. The van der Waals surface area contributed by atoms with Crippen LogP contribution in [-0.4, -0.2) is 22.7 Å². The first kappa shape index (κ1) is 11.5. The molecular formula is C11H15NO3. The molecule has 82 valence electrons. The summed E-state index contributed by atoms with van der Waals surface area (Å²) in [5, 5.41) is 8.80. The molecule has 1 aromatic rings. The van der Waals surface area contributed by atoms with Crippen LogP contribution in [0.5, 0.6) is 5.75 Å². The summed E-state index contributed by atoms with van der Waals surface area (Å²) in [5.74, 6) is -0.504. The van der Waals surface area contributed by atoms with E-state index in [1.54, 1.807) is 25.4 Å². The van der Waals surface area contributed by atoms with Gasteiger partial charge in [0.15, 0.2) is 0 Å². The fraction of sp³-hybridized carbons (Fsp3) is 0.455. The molecule has 0 radical (unpaired) electrons. The van der Waals surface area contributed by atoms with Crippen LogP contribution in [0.1, 0.15) is 19.4 Å². The van der Waals surface area contributed by atoms with Crippen LogP contribution in [0.2, 0.25) is 0 Å². The summed E-state index contributed by atoms with van der Waals surface area (Å²) in [6.45, 7) is 4.13. The third-order valence-corrected chi connectivity index (χ3v) is 2.11. The highest BCUT2D eigenvalue weighted by Gasteiger charge is 2.14. The molecule has 0 aliphatic rings. The Labute approximate surface area is 88.9 Å². The maximum atomic E-state index is 10.7. The predicted molar refractivity (Wildman–Crippen MR) is 55.9 cm³/mol. The number of ether oxygens (including phenoxy) is 1. The van der Waals surface area contributed by atoms with E-state index in [4.69, 9.17) is 9.84 Å². The molecule has 1 heterocycles. The van der Waals surface area contributed by atoms with Gasteiger partial charge >= 0.3 is 5.97 Å². The summed E-state index contributed by atoms with van der Waals surface area (Å²) < 4.78 is 5.38. The number of pyridine rings is 1. The molecule has 1 atom stereocenters.